The summed E-state index contributed by atoms with van der Waals surface area (Å²) in [4.78, 5) is -2.35. The van der Waals surface area contributed by atoms with Gasteiger partial charge in [0.05, 0.1) is 5.41 Å². The van der Waals surface area contributed by atoms with Crippen molar-refractivity contribution < 1.29 is 0 Å². The molecule has 0 fully saturated rings. The van der Waals surface area contributed by atoms with Crippen LogP contribution >= 0.6 is 69.6 Å². The predicted molar refractivity (Wildman–Crippen MR) is 252 cm³/mol. The Kier molecular flexibility index (Phi) is 88.1. The lowest BCUT2D eigenvalue weighted by Gasteiger charge is -2.37. The first-order valence-electron chi connectivity index (χ1n) is 22.2. The maximum absolute atomic E-state index is 5.90. The van der Waals surface area contributed by atoms with Crippen molar-refractivity contribution in [2.45, 2.75) is 284 Å². The van der Waals surface area contributed by atoms with Gasteiger partial charge in [-0.3, -0.25) is 0 Å². The summed E-state index contributed by atoms with van der Waals surface area (Å²) in [5, 5.41) is 0. The molecular weight excluding hydrogens is 753 g/mol. The molecule has 0 atom stereocenters. The molecule has 0 aromatic rings. The average Bonchev–Trinajstić information content (AvgIpc) is 3.12. The van der Waals surface area contributed by atoms with Crippen molar-refractivity contribution in [2.24, 2.45) is 5.41 Å². The molecule has 0 aromatic heterocycles. The van der Waals surface area contributed by atoms with Crippen LogP contribution in [0.15, 0.2) is 0 Å². The van der Waals surface area contributed by atoms with E-state index in [2.05, 4.69) is 90.0 Å². The van der Waals surface area contributed by atoms with Gasteiger partial charge >= 0.3 is 0 Å². The molecule has 0 amide bonds. The molecule has 51 heavy (non-hydrogen) atoms. The summed E-state index contributed by atoms with van der Waals surface area (Å²) in [5.74, 6) is 0. The van der Waals surface area contributed by atoms with E-state index >= 15 is 0 Å². The topological polar surface area (TPSA) is 0 Å². The van der Waals surface area contributed by atoms with Gasteiger partial charge in [0.2, 0.25) is 0 Å². The smallest absolute Gasteiger partial charge is 0.105 e. The molecule has 0 aliphatic heterocycles. The molecule has 6 heteroatoms. The minimum absolute atomic E-state index is 0.619. The van der Waals surface area contributed by atoms with E-state index in [1.807, 2.05) is 0 Å². The van der Waals surface area contributed by atoms with Gasteiger partial charge in [0, 0.05) is 0 Å². The Labute approximate surface area is 357 Å². The van der Waals surface area contributed by atoms with Crippen LogP contribution in [0.4, 0.5) is 0 Å². The largest absolute Gasteiger partial charge is 0.118 e. The molecule has 0 bridgehead atoms. The predicted octanol–water partition coefficient (Wildman–Crippen LogP) is 21.5. The number of rotatable bonds is 25. The first-order chi connectivity index (χ1) is 24.4. The Morgan fingerprint density at radius 2 is 0.353 bits per heavy atom. The third-order valence-corrected chi connectivity index (χ3v) is 10.6. The van der Waals surface area contributed by atoms with Crippen molar-refractivity contribution in [3.8, 4) is 0 Å². The van der Waals surface area contributed by atoms with Crippen LogP contribution in [0.1, 0.15) is 270 Å². The van der Waals surface area contributed by atoms with E-state index in [-0.39, 0.29) is 0 Å². The zero-order valence-corrected chi connectivity index (χ0v) is 41.8. The third kappa shape index (κ3) is 66.9. The number of unbranched alkanes of at least 4 members (excludes halogenated alkanes) is 20. The lowest BCUT2D eigenvalue weighted by atomic mass is 9.87. The molecular formula is C45H98Cl6. The van der Waals surface area contributed by atoms with Crippen molar-refractivity contribution in [1.29, 1.82) is 0 Å². The monoisotopic (exact) mass is 849 g/mol. The van der Waals surface area contributed by atoms with Gasteiger partial charge in [-0.2, -0.15) is 0 Å². The zero-order valence-electron chi connectivity index (χ0n) is 37.3. The van der Waals surface area contributed by atoms with Crippen molar-refractivity contribution in [3.05, 3.63) is 0 Å². The summed E-state index contributed by atoms with van der Waals surface area (Å²) in [6, 6.07) is 0. The third-order valence-electron chi connectivity index (χ3n) is 8.17. The van der Waals surface area contributed by atoms with Crippen molar-refractivity contribution in [1.82, 2.24) is 0 Å². The van der Waals surface area contributed by atoms with E-state index in [0.717, 1.165) is 19.3 Å². The molecule has 0 spiro atoms. The fraction of sp³-hybridized carbons (Fsp3) is 1.00. The molecule has 0 nitrogen and oxygen atoms in total. The summed E-state index contributed by atoms with van der Waals surface area (Å²) in [6.45, 7) is 28.9. The normalized spacial score (nSPS) is 10.2. The van der Waals surface area contributed by atoms with E-state index in [4.69, 9.17) is 69.6 Å². The molecule has 0 N–H and O–H groups in total. The standard InChI is InChI=1S/C9H14Cl6.6C6H14/c1-2-3-4-5-9(6(10)11,7(12)13)8(14)15;6*1-3-5-6-4-2/h6-8H,2-5H2,1H3;6*3-6H2,1-2H3. The van der Waals surface area contributed by atoms with Gasteiger partial charge in [-0.05, 0) is 6.42 Å². The molecule has 0 heterocycles. The van der Waals surface area contributed by atoms with E-state index in [0.29, 0.717) is 6.42 Å². The molecule has 0 saturated carbocycles. The molecule has 0 aromatic carbocycles. The Morgan fingerprint density at radius 3 is 0.451 bits per heavy atom. The van der Waals surface area contributed by atoms with Crippen LogP contribution in [0.25, 0.3) is 0 Å². The number of hydrogen-bond acceptors (Lipinski definition) is 0. The quantitative estimate of drug-likeness (QED) is 0.0634. The fourth-order valence-electron chi connectivity index (χ4n) is 4.29. The lowest BCUT2D eigenvalue weighted by Crippen LogP contribution is -2.41. The highest BCUT2D eigenvalue weighted by Gasteiger charge is 2.47. The maximum Gasteiger partial charge on any atom is 0.118 e. The van der Waals surface area contributed by atoms with Crippen LogP contribution in [-0.2, 0) is 0 Å². The molecule has 0 aliphatic carbocycles. The number of alkyl halides is 6. The van der Waals surface area contributed by atoms with Crippen LogP contribution < -0.4 is 0 Å². The van der Waals surface area contributed by atoms with Gasteiger partial charge in [0.25, 0.3) is 0 Å². The van der Waals surface area contributed by atoms with Gasteiger partial charge in [0.1, 0.15) is 14.5 Å². The summed E-state index contributed by atoms with van der Waals surface area (Å²) in [6.07, 6.45) is 36.9. The van der Waals surface area contributed by atoms with E-state index in [1.54, 1.807) is 0 Å². The number of hydrogen-bond donors (Lipinski definition) is 0. The second kappa shape index (κ2) is 66.5. The molecule has 0 aliphatic rings. The van der Waals surface area contributed by atoms with Crippen LogP contribution in [0.3, 0.4) is 0 Å². The lowest BCUT2D eigenvalue weighted by molar-refractivity contribution is 0.322. The van der Waals surface area contributed by atoms with Crippen LogP contribution in [0, 0.1) is 5.41 Å². The summed E-state index contributed by atoms with van der Waals surface area (Å²) in [5.41, 5.74) is -0.857. The first-order valence-corrected chi connectivity index (χ1v) is 24.8. The van der Waals surface area contributed by atoms with Crippen LogP contribution in [-0.4, -0.2) is 14.5 Å². The van der Waals surface area contributed by atoms with Gasteiger partial charge in [0.15, 0.2) is 0 Å². The van der Waals surface area contributed by atoms with E-state index in [1.165, 1.54) is 154 Å². The Morgan fingerprint density at radius 1 is 0.235 bits per heavy atom. The van der Waals surface area contributed by atoms with Crippen molar-refractivity contribution in [2.75, 3.05) is 0 Å². The average molecular weight is 852 g/mol. The fourth-order valence-corrected chi connectivity index (χ4v) is 7.23. The second-order valence-corrected chi connectivity index (χ2v) is 17.0. The van der Waals surface area contributed by atoms with Crippen LogP contribution in [0.2, 0.25) is 0 Å². The minimum atomic E-state index is -0.857. The first kappa shape index (κ1) is 67.5. The molecule has 0 unspecified atom stereocenters. The number of halogens is 6. The maximum atomic E-state index is 5.90. The van der Waals surface area contributed by atoms with Gasteiger partial charge in [-0.25, -0.2) is 0 Å². The second-order valence-electron chi connectivity index (χ2n) is 13.7. The van der Waals surface area contributed by atoms with Gasteiger partial charge < -0.3 is 0 Å². The van der Waals surface area contributed by atoms with E-state index in [9.17, 15) is 0 Å². The Hall–Kier alpha value is 1.74. The van der Waals surface area contributed by atoms with Crippen molar-refractivity contribution in [3.63, 3.8) is 0 Å². The van der Waals surface area contributed by atoms with Crippen LogP contribution in [0.5, 0.6) is 0 Å². The highest BCUT2D eigenvalue weighted by molar-refractivity contribution is 6.53. The summed E-state index contributed by atoms with van der Waals surface area (Å²) >= 11 is 35.4. The molecule has 320 valence electrons. The minimum Gasteiger partial charge on any atom is -0.105 e. The van der Waals surface area contributed by atoms with Gasteiger partial charge in [-0.15, -0.1) is 69.6 Å². The van der Waals surface area contributed by atoms with Gasteiger partial charge in [-0.1, -0.05) is 263 Å². The Balaban J connectivity index is -0.0000000929. The SMILES string of the molecule is CCCCCC.CCCCCC.CCCCCC.CCCCCC.CCCCCC.CCCCCC.CCCCCC(C(Cl)Cl)(C(Cl)Cl)C(Cl)Cl. The Bertz CT molecular complexity index is 377. The highest BCUT2D eigenvalue weighted by Crippen LogP contribution is 2.49. The molecule has 0 radical (unpaired) electrons. The van der Waals surface area contributed by atoms with E-state index < -0.39 is 19.9 Å². The van der Waals surface area contributed by atoms with Crippen molar-refractivity contribution >= 4 is 69.6 Å². The molecule has 0 saturated heterocycles. The molecule has 0 rings (SSSR count). The highest BCUT2D eigenvalue weighted by atomic mass is 35.5. The summed E-state index contributed by atoms with van der Waals surface area (Å²) < 4.78 is 0. The zero-order chi connectivity index (χ0) is 41.0. The summed E-state index contributed by atoms with van der Waals surface area (Å²) in [7, 11) is 0.